The number of carbonyl (C=O) groups is 2. The first-order chi connectivity index (χ1) is 8.06. The molecule has 0 saturated carbocycles. The van der Waals surface area contributed by atoms with Crippen molar-refractivity contribution in [2.75, 3.05) is 7.11 Å². The molecule has 0 heterocycles. The van der Waals surface area contributed by atoms with Crippen molar-refractivity contribution in [3.05, 3.63) is 35.1 Å². The lowest BCUT2D eigenvalue weighted by atomic mass is 10.0. The van der Waals surface area contributed by atoms with Gasteiger partial charge in [0.25, 0.3) is 0 Å². The normalized spacial score (nSPS) is 10.1. The number of carbonyl (C=O) groups excluding carboxylic acids is 2. The van der Waals surface area contributed by atoms with Crippen molar-refractivity contribution in [1.82, 2.24) is 0 Å². The van der Waals surface area contributed by atoms with Crippen LogP contribution in [-0.2, 0) is 9.53 Å². The van der Waals surface area contributed by atoms with Crippen molar-refractivity contribution in [1.29, 1.82) is 0 Å². The van der Waals surface area contributed by atoms with Crippen molar-refractivity contribution in [2.45, 2.75) is 26.2 Å². The largest absolute Gasteiger partial charge is 0.469 e. The van der Waals surface area contributed by atoms with E-state index < -0.39 is 0 Å². The van der Waals surface area contributed by atoms with Gasteiger partial charge >= 0.3 is 5.97 Å². The van der Waals surface area contributed by atoms with Crippen molar-refractivity contribution < 1.29 is 18.7 Å². The summed E-state index contributed by atoms with van der Waals surface area (Å²) in [5.41, 5.74) is 0.741. The Morgan fingerprint density at radius 3 is 2.65 bits per heavy atom. The number of Topliss-reactive ketones (excluding diaryl/α,β-unsaturated/α-hetero) is 1. The van der Waals surface area contributed by atoms with Gasteiger partial charge in [-0.15, -0.1) is 0 Å². The Balaban J connectivity index is 2.59. The first-order valence-electron chi connectivity index (χ1n) is 5.41. The summed E-state index contributed by atoms with van der Waals surface area (Å²) in [5.74, 6) is -0.872. The molecule has 0 aliphatic heterocycles. The third-order valence-corrected chi connectivity index (χ3v) is 2.58. The highest BCUT2D eigenvalue weighted by molar-refractivity contribution is 5.97. The fraction of sp³-hybridized carbons (Fsp3) is 0.385. The SMILES string of the molecule is COC(=O)CCCC(=O)c1cccc(F)c1C. The third-order valence-electron chi connectivity index (χ3n) is 2.58. The molecule has 3 nitrogen and oxygen atoms in total. The van der Waals surface area contributed by atoms with Crippen LogP contribution in [0.3, 0.4) is 0 Å². The summed E-state index contributed by atoms with van der Waals surface area (Å²) < 4.78 is 17.7. The van der Waals surface area contributed by atoms with Crippen LogP contribution in [0, 0.1) is 12.7 Å². The number of methoxy groups -OCH3 is 1. The van der Waals surface area contributed by atoms with Crippen molar-refractivity contribution in [3.63, 3.8) is 0 Å². The molecule has 0 spiro atoms. The van der Waals surface area contributed by atoms with Crippen molar-refractivity contribution in [3.8, 4) is 0 Å². The summed E-state index contributed by atoms with van der Waals surface area (Å²) >= 11 is 0. The number of esters is 1. The minimum Gasteiger partial charge on any atom is -0.469 e. The van der Waals surface area contributed by atoms with Crippen LogP contribution >= 0.6 is 0 Å². The average Bonchev–Trinajstić information content (AvgIpc) is 2.32. The molecule has 0 bridgehead atoms. The van der Waals surface area contributed by atoms with E-state index in [0.29, 0.717) is 17.5 Å². The maximum atomic E-state index is 13.2. The van der Waals surface area contributed by atoms with Gasteiger partial charge in [0, 0.05) is 18.4 Å². The van der Waals surface area contributed by atoms with E-state index in [1.807, 2.05) is 0 Å². The van der Waals surface area contributed by atoms with E-state index in [1.165, 1.54) is 19.2 Å². The van der Waals surface area contributed by atoms with Crippen LogP contribution in [0.1, 0.15) is 35.2 Å². The quantitative estimate of drug-likeness (QED) is 0.585. The van der Waals surface area contributed by atoms with Gasteiger partial charge in [-0.25, -0.2) is 4.39 Å². The molecule has 0 N–H and O–H groups in total. The van der Waals surface area contributed by atoms with Crippen LogP contribution in [0.5, 0.6) is 0 Å². The van der Waals surface area contributed by atoms with E-state index in [4.69, 9.17) is 0 Å². The Labute approximate surface area is 99.6 Å². The zero-order valence-electron chi connectivity index (χ0n) is 9.96. The summed E-state index contributed by atoms with van der Waals surface area (Å²) in [5, 5.41) is 0. The van der Waals surface area contributed by atoms with Gasteiger partial charge in [-0.2, -0.15) is 0 Å². The molecule has 4 heteroatoms. The molecule has 17 heavy (non-hydrogen) atoms. The predicted molar refractivity (Wildman–Crippen MR) is 61.3 cm³/mol. The first-order valence-corrected chi connectivity index (χ1v) is 5.41. The average molecular weight is 238 g/mol. The van der Waals surface area contributed by atoms with E-state index in [-0.39, 0.29) is 30.4 Å². The van der Waals surface area contributed by atoms with Crippen LogP contribution in [0.25, 0.3) is 0 Å². The zero-order chi connectivity index (χ0) is 12.8. The molecule has 0 unspecified atom stereocenters. The monoisotopic (exact) mass is 238 g/mol. The van der Waals surface area contributed by atoms with Gasteiger partial charge in [-0.1, -0.05) is 12.1 Å². The molecular weight excluding hydrogens is 223 g/mol. The summed E-state index contributed by atoms with van der Waals surface area (Å²) in [6.45, 7) is 1.57. The maximum absolute atomic E-state index is 13.2. The second kappa shape index (κ2) is 6.13. The summed E-state index contributed by atoms with van der Waals surface area (Å²) in [4.78, 5) is 22.6. The Hall–Kier alpha value is -1.71. The molecule has 0 aliphatic carbocycles. The Morgan fingerprint density at radius 1 is 1.29 bits per heavy atom. The molecule has 1 aromatic rings. The first kappa shape index (κ1) is 13.4. The number of halogens is 1. The molecule has 0 aromatic heterocycles. The van der Waals surface area contributed by atoms with Crippen LogP contribution in [-0.4, -0.2) is 18.9 Å². The fourth-order valence-electron chi connectivity index (χ4n) is 1.54. The molecule has 0 aliphatic rings. The van der Waals surface area contributed by atoms with Crippen LogP contribution in [0.4, 0.5) is 4.39 Å². The highest BCUT2D eigenvalue weighted by Gasteiger charge is 2.12. The minimum atomic E-state index is -0.385. The molecule has 92 valence electrons. The number of ketones is 1. The standard InChI is InChI=1S/C13H15FO3/c1-9-10(5-3-6-11(9)14)12(15)7-4-8-13(16)17-2/h3,5-6H,4,7-8H2,1-2H3. The summed E-state index contributed by atoms with van der Waals surface area (Å²) in [7, 11) is 1.31. The van der Waals surface area contributed by atoms with Gasteiger partial charge in [0.05, 0.1) is 7.11 Å². The fourth-order valence-corrected chi connectivity index (χ4v) is 1.54. The molecule has 0 amide bonds. The second-order valence-corrected chi connectivity index (χ2v) is 3.77. The lowest BCUT2D eigenvalue weighted by Crippen LogP contribution is -2.05. The molecule has 1 rings (SSSR count). The third kappa shape index (κ3) is 3.66. The van der Waals surface area contributed by atoms with E-state index in [9.17, 15) is 14.0 Å². The number of hydrogen-bond donors (Lipinski definition) is 0. The summed E-state index contributed by atoms with van der Waals surface area (Å²) in [6.07, 6.45) is 0.845. The molecular formula is C13H15FO3. The lowest BCUT2D eigenvalue weighted by Gasteiger charge is -2.05. The van der Waals surface area contributed by atoms with Gasteiger partial charge in [0.1, 0.15) is 5.82 Å². The van der Waals surface area contributed by atoms with Gasteiger partial charge in [0.2, 0.25) is 0 Å². The van der Waals surface area contributed by atoms with Gasteiger partial charge in [-0.3, -0.25) is 9.59 Å². The topological polar surface area (TPSA) is 43.4 Å². The lowest BCUT2D eigenvalue weighted by molar-refractivity contribution is -0.140. The number of hydrogen-bond acceptors (Lipinski definition) is 3. The zero-order valence-corrected chi connectivity index (χ0v) is 9.96. The highest BCUT2D eigenvalue weighted by Crippen LogP contribution is 2.15. The Morgan fingerprint density at radius 2 is 2.00 bits per heavy atom. The molecule has 0 saturated heterocycles. The van der Waals surface area contributed by atoms with Crippen molar-refractivity contribution >= 4 is 11.8 Å². The van der Waals surface area contributed by atoms with Crippen LogP contribution in [0.15, 0.2) is 18.2 Å². The van der Waals surface area contributed by atoms with Crippen LogP contribution in [0.2, 0.25) is 0 Å². The Bertz CT molecular complexity index is 427. The maximum Gasteiger partial charge on any atom is 0.305 e. The smallest absolute Gasteiger partial charge is 0.305 e. The van der Waals surface area contributed by atoms with Gasteiger partial charge in [0.15, 0.2) is 5.78 Å². The minimum absolute atomic E-state index is 0.147. The number of ether oxygens (including phenoxy) is 1. The Kier molecular flexibility index (Phi) is 4.82. The number of rotatable bonds is 5. The second-order valence-electron chi connectivity index (χ2n) is 3.77. The van der Waals surface area contributed by atoms with Crippen molar-refractivity contribution in [2.24, 2.45) is 0 Å². The van der Waals surface area contributed by atoms with E-state index in [0.717, 1.165) is 0 Å². The molecule has 0 radical (unpaired) electrons. The summed E-state index contributed by atoms with van der Waals surface area (Å²) in [6, 6.07) is 4.43. The molecule has 0 atom stereocenters. The van der Waals surface area contributed by atoms with E-state index in [1.54, 1.807) is 13.0 Å². The highest BCUT2D eigenvalue weighted by atomic mass is 19.1. The molecule has 0 fully saturated rings. The van der Waals surface area contributed by atoms with Gasteiger partial charge in [-0.05, 0) is 25.0 Å². The van der Waals surface area contributed by atoms with Crippen LogP contribution < -0.4 is 0 Å². The molecule has 1 aromatic carbocycles. The number of benzene rings is 1. The van der Waals surface area contributed by atoms with E-state index >= 15 is 0 Å². The predicted octanol–water partition coefficient (Wildman–Crippen LogP) is 2.66. The van der Waals surface area contributed by atoms with Gasteiger partial charge < -0.3 is 4.74 Å². The van der Waals surface area contributed by atoms with E-state index in [2.05, 4.69) is 4.74 Å².